The minimum atomic E-state index is -0.356. The molecule has 0 saturated heterocycles. The number of benzene rings is 1. The van der Waals surface area contributed by atoms with Gasteiger partial charge in [-0.3, -0.25) is 0 Å². The van der Waals surface area contributed by atoms with Crippen LogP contribution < -0.4 is 5.32 Å². The first kappa shape index (κ1) is 10.3. The number of ether oxygens (including phenoxy) is 1. The highest BCUT2D eigenvalue weighted by atomic mass is 16.5. The molecular formula is C11H13NO2. The van der Waals surface area contributed by atoms with Gasteiger partial charge in [0, 0.05) is 18.8 Å². The zero-order valence-electron chi connectivity index (χ0n) is 8.07. The Balaban J connectivity index is 2.29. The number of methoxy groups -OCH3 is 1. The summed E-state index contributed by atoms with van der Waals surface area (Å²) in [5.41, 5.74) is 1.17. The first-order chi connectivity index (χ1) is 6.83. The van der Waals surface area contributed by atoms with Gasteiger partial charge in [-0.15, -0.1) is 0 Å². The summed E-state index contributed by atoms with van der Waals surface area (Å²) < 4.78 is 4.44. The number of esters is 1. The number of rotatable bonds is 4. The van der Waals surface area contributed by atoms with Crippen LogP contribution in [0.1, 0.15) is 5.56 Å². The van der Waals surface area contributed by atoms with Crippen LogP contribution in [-0.4, -0.2) is 13.1 Å². The summed E-state index contributed by atoms with van der Waals surface area (Å²) >= 11 is 0. The average molecular weight is 191 g/mol. The van der Waals surface area contributed by atoms with Crippen LogP contribution in [0.4, 0.5) is 0 Å². The molecule has 1 rings (SSSR count). The molecule has 0 aromatic heterocycles. The van der Waals surface area contributed by atoms with Gasteiger partial charge < -0.3 is 10.1 Å². The molecule has 0 bridgehead atoms. The summed E-state index contributed by atoms with van der Waals surface area (Å²) in [6, 6.07) is 9.94. The summed E-state index contributed by atoms with van der Waals surface area (Å²) in [5, 5.41) is 2.99. The van der Waals surface area contributed by atoms with Crippen LogP contribution in [0.2, 0.25) is 0 Å². The molecule has 0 heterocycles. The number of carbonyl (C=O) groups excluding carboxylic acids is 1. The average Bonchev–Trinajstić information content (AvgIpc) is 2.25. The van der Waals surface area contributed by atoms with Crippen LogP contribution in [0, 0.1) is 0 Å². The molecule has 0 radical (unpaired) electrons. The molecule has 0 aliphatic rings. The molecule has 14 heavy (non-hydrogen) atoms. The van der Waals surface area contributed by atoms with Crippen molar-refractivity contribution in [2.45, 2.75) is 6.54 Å². The monoisotopic (exact) mass is 191 g/mol. The van der Waals surface area contributed by atoms with Crippen LogP contribution >= 0.6 is 0 Å². The van der Waals surface area contributed by atoms with Crippen LogP contribution in [0.15, 0.2) is 42.6 Å². The minimum Gasteiger partial charge on any atom is -0.466 e. The number of hydrogen-bond donors (Lipinski definition) is 1. The lowest BCUT2D eigenvalue weighted by Gasteiger charge is -1.99. The van der Waals surface area contributed by atoms with E-state index in [4.69, 9.17) is 0 Å². The predicted octanol–water partition coefficient (Wildman–Crippen LogP) is 1.46. The molecule has 0 amide bonds. The van der Waals surface area contributed by atoms with Crippen LogP contribution in [0.3, 0.4) is 0 Å². The molecule has 0 spiro atoms. The molecule has 1 N–H and O–H groups in total. The Kier molecular flexibility index (Phi) is 4.27. The van der Waals surface area contributed by atoms with E-state index in [-0.39, 0.29) is 5.97 Å². The standard InChI is InChI=1S/C11H13NO2/c1-14-11(13)7-8-12-9-10-5-3-2-4-6-10/h2-8,12H,9H2,1H3/b8-7-. The molecule has 3 nitrogen and oxygen atoms in total. The zero-order chi connectivity index (χ0) is 10.2. The minimum absolute atomic E-state index is 0.356. The second-order valence-corrected chi connectivity index (χ2v) is 2.72. The maximum Gasteiger partial charge on any atom is 0.331 e. The summed E-state index contributed by atoms with van der Waals surface area (Å²) in [7, 11) is 1.35. The molecule has 74 valence electrons. The van der Waals surface area contributed by atoms with Gasteiger partial charge in [-0.25, -0.2) is 4.79 Å². The van der Waals surface area contributed by atoms with Crippen molar-refractivity contribution in [3.8, 4) is 0 Å². The Labute approximate surface area is 83.4 Å². The highest BCUT2D eigenvalue weighted by molar-refractivity contribution is 5.81. The Bertz CT molecular complexity index is 306. The third-order valence-corrected chi connectivity index (χ3v) is 1.69. The summed E-state index contributed by atoms with van der Waals surface area (Å²) in [5.74, 6) is -0.356. The smallest absolute Gasteiger partial charge is 0.331 e. The zero-order valence-corrected chi connectivity index (χ0v) is 8.07. The summed E-state index contributed by atoms with van der Waals surface area (Å²) in [6.45, 7) is 0.703. The van der Waals surface area contributed by atoms with Gasteiger partial charge in [0.2, 0.25) is 0 Å². The normalized spacial score (nSPS) is 10.1. The molecular weight excluding hydrogens is 178 g/mol. The quantitative estimate of drug-likeness (QED) is 0.578. The number of nitrogens with one attached hydrogen (secondary N) is 1. The fourth-order valence-electron chi connectivity index (χ4n) is 0.968. The van der Waals surface area contributed by atoms with Crippen molar-refractivity contribution < 1.29 is 9.53 Å². The van der Waals surface area contributed by atoms with Crippen LogP contribution in [-0.2, 0) is 16.1 Å². The molecule has 0 unspecified atom stereocenters. The van der Waals surface area contributed by atoms with Crippen molar-refractivity contribution in [1.29, 1.82) is 0 Å². The lowest BCUT2D eigenvalue weighted by molar-refractivity contribution is -0.134. The van der Waals surface area contributed by atoms with E-state index in [2.05, 4.69) is 10.1 Å². The van der Waals surface area contributed by atoms with Crippen molar-refractivity contribution in [2.75, 3.05) is 7.11 Å². The SMILES string of the molecule is COC(=O)/C=C\NCc1ccccc1. The van der Waals surface area contributed by atoms with Crippen molar-refractivity contribution in [3.05, 3.63) is 48.2 Å². The van der Waals surface area contributed by atoms with Crippen molar-refractivity contribution in [2.24, 2.45) is 0 Å². The Morgan fingerprint density at radius 1 is 1.43 bits per heavy atom. The molecule has 1 aromatic carbocycles. The first-order valence-electron chi connectivity index (χ1n) is 4.34. The van der Waals surface area contributed by atoms with Gasteiger partial charge in [0.15, 0.2) is 0 Å². The maximum atomic E-state index is 10.7. The Morgan fingerprint density at radius 2 is 2.14 bits per heavy atom. The highest BCUT2D eigenvalue weighted by Gasteiger charge is 1.89. The van der Waals surface area contributed by atoms with Crippen LogP contribution in [0.25, 0.3) is 0 Å². The number of hydrogen-bond acceptors (Lipinski definition) is 3. The second kappa shape index (κ2) is 5.80. The van der Waals surface area contributed by atoms with Crippen molar-refractivity contribution in [3.63, 3.8) is 0 Å². The first-order valence-corrected chi connectivity index (χ1v) is 4.34. The Hall–Kier alpha value is -1.77. The molecule has 0 fully saturated rings. The topological polar surface area (TPSA) is 38.3 Å². The van der Waals surface area contributed by atoms with E-state index in [1.54, 1.807) is 6.20 Å². The molecule has 0 atom stereocenters. The molecule has 1 aromatic rings. The second-order valence-electron chi connectivity index (χ2n) is 2.72. The maximum absolute atomic E-state index is 10.7. The van der Waals surface area contributed by atoms with E-state index >= 15 is 0 Å². The molecule has 0 saturated carbocycles. The van der Waals surface area contributed by atoms with Crippen molar-refractivity contribution >= 4 is 5.97 Å². The molecule has 0 aliphatic heterocycles. The third kappa shape index (κ3) is 3.76. The van der Waals surface area contributed by atoms with Crippen molar-refractivity contribution in [1.82, 2.24) is 5.32 Å². The molecule has 0 aliphatic carbocycles. The largest absolute Gasteiger partial charge is 0.466 e. The lowest BCUT2D eigenvalue weighted by Crippen LogP contribution is -2.05. The van der Waals surface area contributed by atoms with E-state index < -0.39 is 0 Å². The third-order valence-electron chi connectivity index (χ3n) is 1.69. The summed E-state index contributed by atoms with van der Waals surface area (Å²) in [6.07, 6.45) is 2.93. The van der Waals surface area contributed by atoms with Gasteiger partial charge in [-0.1, -0.05) is 30.3 Å². The van der Waals surface area contributed by atoms with Crippen LogP contribution in [0.5, 0.6) is 0 Å². The molecule has 3 heteroatoms. The fourth-order valence-corrected chi connectivity index (χ4v) is 0.968. The highest BCUT2D eigenvalue weighted by Crippen LogP contribution is 1.96. The van der Waals surface area contributed by atoms with E-state index in [1.807, 2.05) is 30.3 Å². The predicted molar refractivity (Wildman–Crippen MR) is 54.4 cm³/mol. The van der Waals surface area contributed by atoms with Gasteiger partial charge in [-0.05, 0) is 5.56 Å². The fraction of sp³-hybridized carbons (Fsp3) is 0.182. The van der Waals surface area contributed by atoms with Gasteiger partial charge >= 0.3 is 5.97 Å². The van der Waals surface area contributed by atoms with E-state index in [0.717, 1.165) is 0 Å². The van der Waals surface area contributed by atoms with Gasteiger partial charge in [0.25, 0.3) is 0 Å². The summed E-state index contributed by atoms with van der Waals surface area (Å²) in [4.78, 5) is 10.7. The van der Waals surface area contributed by atoms with Gasteiger partial charge in [0.1, 0.15) is 0 Å². The van der Waals surface area contributed by atoms with E-state index in [9.17, 15) is 4.79 Å². The van der Waals surface area contributed by atoms with E-state index in [0.29, 0.717) is 6.54 Å². The van der Waals surface area contributed by atoms with E-state index in [1.165, 1.54) is 18.7 Å². The Morgan fingerprint density at radius 3 is 2.79 bits per heavy atom. The lowest BCUT2D eigenvalue weighted by atomic mass is 10.2. The van der Waals surface area contributed by atoms with Gasteiger partial charge in [-0.2, -0.15) is 0 Å². The number of carbonyl (C=O) groups is 1. The van der Waals surface area contributed by atoms with Gasteiger partial charge in [0.05, 0.1) is 7.11 Å².